The monoisotopic (exact) mass is 630 g/mol. The van der Waals surface area contributed by atoms with Crippen LogP contribution in [0.3, 0.4) is 0 Å². The fraction of sp³-hybridized carbons (Fsp3) is 0.839. The molecule has 0 spiro atoms. The molecule has 0 aromatic heterocycles. The van der Waals surface area contributed by atoms with E-state index < -0.39 is 66.5 Å². The highest BCUT2D eigenvalue weighted by Crippen LogP contribution is 2.30. The number of rotatable bonds is 22. The molecule has 44 heavy (non-hydrogen) atoms. The highest BCUT2D eigenvalue weighted by Gasteiger charge is 2.52. The van der Waals surface area contributed by atoms with Gasteiger partial charge >= 0.3 is 23.9 Å². The predicted molar refractivity (Wildman–Crippen MR) is 160 cm³/mol. The van der Waals surface area contributed by atoms with E-state index in [1.807, 2.05) is 0 Å². The van der Waals surface area contributed by atoms with Crippen LogP contribution in [0.2, 0.25) is 0 Å². The van der Waals surface area contributed by atoms with E-state index >= 15 is 0 Å². The van der Waals surface area contributed by atoms with Gasteiger partial charge in [0.05, 0.1) is 6.61 Å². The summed E-state index contributed by atoms with van der Waals surface area (Å²) >= 11 is 0. The van der Waals surface area contributed by atoms with Gasteiger partial charge in [0.1, 0.15) is 18.8 Å². The van der Waals surface area contributed by atoms with Crippen molar-refractivity contribution < 1.29 is 52.4 Å². The van der Waals surface area contributed by atoms with Crippen molar-refractivity contribution in [1.82, 2.24) is 5.32 Å². The molecular weight excluding hydrogens is 576 g/mol. The van der Waals surface area contributed by atoms with Crippen LogP contribution in [0.25, 0.3) is 0 Å². The Morgan fingerprint density at radius 1 is 0.682 bits per heavy atom. The number of ether oxygens (including phenoxy) is 6. The molecule has 0 bridgehead atoms. The second-order valence-electron chi connectivity index (χ2n) is 11.2. The first-order valence-electron chi connectivity index (χ1n) is 15.9. The van der Waals surface area contributed by atoms with Crippen molar-refractivity contribution in [2.75, 3.05) is 19.8 Å². The molecule has 1 rings (SSSR count). The molecule has 0 aromatic rings. The summed E-state index contributed by atoms with van der Waals surface area (Å²) in [6, 6.07) is -1.08. The Balaban J connectivity index is 2.62. The van der Waals surface area contributed by atoms with Gasteiger partial charge in [0, 0.05) is 34.2 Å². The Labute approximate surface area is 261 Å². The van der Waals surface area contributed by atoms with Gasteiger partial charge in [-0.25, -0.2) is 0 Å². The maximum atomic E-state index is 12.6. The van der Waals surface area contributed by atoms with E-state index in [-0.39, 0.29) is 13.2 Å². The predicted octanol–water partition coefficient (Wildman–Crippen LogP) is 3.23. The molecule has 1 heterocycles. The maximum absolute atomic E-state index is 12.6. The van der Waals surface area contributed by atoms with E-state index in [9.17, 15) is 24.0 Å². The van der Waals surface area contributed by atoms with E-state index in [0.717, 1.165) is 40.0 Å². The smallest absolute Gasteiger partial charge is 0.303 e. The molecule has 6 atom stereocenters. The number of hydrogen-bond donors (Lipinski definition) is 2. The van der Waals surface area contributed by atoms with Gasteiger partial charge in [0.2, 0.25) is 5.91 Å². The summed E-state index contributed by atoms with van der Waals surface area (Å²) in [4.78, 5) is 59.7. The Hall–Kier alpha value is -2.77. The molecule has 1 aliphatic heterocycles. The Bertz CT molecular complexity index is 885. The second-order valence-corrected chi connectivity index (χ2v) is 11.2. The normalized spacial score (nSPS) is 22.0. The van der Waals surface area contributed by atoms with E-state index in [4.69, 9.17) is 34.2 Å². The fourth-order valence-electron chi connectivity index (χ4n) is 4.91. The Morgan fingerprint density at radius 2 is 1.16 bits per heavy atom. The minimum Gasteiger partial charge on any atom is -0.463 e. The molecule has 1 amide bonds. The number of esters is 4. The van der Waals surface area contributed by atoms with Gasteiger partial charge in [-0.05, 0) is 6.42 Å². The molecule has 13 heteroatoms. The number of carbonyl (C=O) groups excluding carboxylic acids is 5. The summed E-state index contributed by atoms with van der Waals surface area (Å²) in [5, 5.41) is 2.80. The van der Waals surface area contributed by atoms with E-state index in [1.165, 1.54) is 64.7 Å². The van der Waals surface area contributed by atoms with Crippen LogP contribution in [-0.4, -0.2) is 86.3 Å². The van der Waals surface area contributed by atoms with Crippen molar-refractivity contribution in [3.63, 3.8) is 0 Å². The van der Waals surface area contributed by atoms with Gasteiger partial charge in [0.25, 0.3) is 0 Å². The molecule has 13 nitrogen and oxygen atoms in total. The summed E-state index contributed by atoms with van der Waals surface area (Å²) in [5.41, 5.74) is 6.05. The number of carbonyl (C=O) groups is 5. The van der Waals surface area contributed by atoms with Crippen molar-refractivity contribution >= 4 is 29.8 Å². The van der Waals surface area contributed by atoms with Crippen LogP contribution in [-0.2, 0) is 52.4 Å². The summed E-state index contributed by atoms with van der Waals surface area (Å²) < 4.78 is 32.7. The van der Waals surface area contributed by atoms with Crippen molar-refractivity contribution in [1.29, 1.82) is 0 Å². The minimum absolute atomic E-state index is 0.335. The average molecular weight is 631 g/mol. The van der Waals surface area contributed by atoms with E-state index in [1.54, 1.807) is 0 Å². The SMILES string of the molecule is CCCCCCCCCCCCCCNC(=O)[C@@H](N)CO[C@@H]1O[C@H](COC(C)=O)[C@@H](OC(C)=O)[C@H](OC(C)=O)[C@H]1OC(C)=O. The maximum Gasteiger partial charge on any atom is 0.303 e. The lowest BCUT2D eigenvalue weighted by Gasteiger charge is -2.44. The number of amides is 1. The van der Waals surface area contributed by atoms with Crippen LogP contribution in [0, 0.1) is 0 Å². The molecule has 0 saturated carbocycles. The molecule has 1 fully saturated rings. The zero-order valence-electron chi connectivity index (χ0n) is 27.1. The number of nitrogens with two attached hydrogens (primary N) is 1. The van der Waals surface area contributed by atoms with Crippen molar-refractivity contribution in [2.45, 2.75) is 148 Å². The zero-order chi connectivity index (χ0) is 32.9. The van der Waals surface area contributed by atoms with Gasteiger partial charge in [-0.15, -0.1) is 0 Å². The Kier molecular flexibility index (Phi) is 20.2. The second kappa shape index (κ2) is 22.7. The third-order valence-corrected chi connectivity index (χ3v) is 7.05. The minimum atomic E-state index is -1.40. The zero-order valence-corrected chi connectivity index (χ0v) is 27.1. The fourth-order valence-corrected chi connectivity index (χ4v) is 4.91. The van der Waals surface area contributed by atoms with Gasteiger partial charge in [-0.1, -0.05) is 77.6 Å². The van der Waals surface area contributed by atoms with Gasteiger partial charge in [-0.2, -0.15) is 0 Å². The van der Waals surface area contributed by atoms with Crippen LogP contribution in [0.15, 0.2) is 0 Å². The van der Waals surface area contributed by atoms with Gasteiger partial charge < -0.3 is 39.5 Å². The highest BCUT2D eigenvalue weighted by atomic mass is 16.7. The third kappa shape index (κ3) is 16.9. The molecule has 0 aromatic carbocycles. The first-order valence-corrected chi connectivity index (χ1v) is 15.9. The van der Waals surface area contributed by atoms with Crippen LogP contribution >= 0.6 is 0 Å². The highest BCUT2D eigenvalue weighted by molar-refractivity contribution is 5.81. The van der Waals surface area contributed by atoms with E-state index in [0.29, 0.717) is 6.54 Å². The molecule has 0 unspecified atom stereocenters. The van der Waals surface area contributed by atoms with Crippen molar-refractivity contribution in [2.24, 2.45) is 5.73 Å². The molecular formula is C31H54N2O11. The van der Waals surface area contributed by atoms with Gasteiger partial charge in [0.15, 0.2) is 24.6 Å². The molecule has 0 aliphatic carbocycles. The molecule has 3 N–H and O–H groups in total. The number of hydrogen-bond acceptors (Lipinski definition) is 12. The summed E-state index contributed by atoms with van der Waals surface area (Å²) in [6.07, 6.45) is 7.96. The molecule has 0 radical (unpaired) electrons. The van der Waals surface area contributed by atoms with Gasteiger partial charge in [-0.3, -0.25) is 24.0 Å². The van der Waals surface area contributed by atoms with Crippen molar-refractivity contribution in [3.05, 3.63) is 0 Å². The first-order chi connectivity index (χ1) is 21.0. The summed E-state index contributed by atoms with van der Waals surface area (Å²) in [6.45, 7) is 6.54. The third-order valence-electron chi connectivity index (χ3n) is 7.05. The topological polar surface area (TPSA) is 179 Å². The number of unbranched alkanes of at least 4 members (excludes halogenated alkanes) is 11. The van der Waals surface area contributed by atoms with Crippen LogP contribution in [0.1, 0.15) is 112 Å². The van der Waals surface area contributed by atoms with Crippen LogP contribution in [0.4, 0.5) is 0 Å². The molecule has 1 saturated heterocycles. The molecule has 1 aliphatic rings. The summed E-state index contributed by atoms with van der Waals surface area (Å²) in [7, 11) is 0. The van der Waals surface area contributed by atoms with Crippen LogP contribution in [0.5, 0.6) is 0 Å². The average Bonchev–Trinajstić information content (AvgIpc) is 2.94. The molecule has 254 valence electrons. The first kappa shape index (κ1) is 39.3. The lowest BCUT2D eigenvalue weighted by molar-refractivity contribution is -0.308. The quantitative estimate of drug-likeness (QED) is 0.101. The number of nitrogens with one attached hydrogen (secondary N) is 1. The van der Waals surface area contributed by atoms with Crippen molar-refractivity contribution in [3.8, 4) is 0 Å². The standard InChI is InChI=1S/C31H54N2O11/c1-6-7-8-9-10-11-12-13-14-15-16-17-18-33-30(38)25(32)19-40-31-29(43-24(5)37)28(42-23(4)36)27(41-22(3)35)26(44-31)20-39-21(2)34/h25-29,31H,6-20,32H2,1-5H3,(H,33,38)/t25-,26+,27+,28-,29+,31+/m0/s1. The lowest BCUT2D eigenvalue weighted by atomic mass is 9.98. The lowest BCUT2D eigenvalue weighted by Crippen LogP contribution is -2.63. The Morgan fingerprint density at radius 3 is 1.66 bits per heavy atom. The van der Waals surface area contributed by atoms with E-state index in [2.05, 4.69) is 12.2 Å². The largest absolute Gasteiger partial charge is 0.463 e. The summed E-state index contributed by atoms with van der Waals surface area (Å²) in [5.74, 6) is -3.32. The van der Waals surface area contributed by atoms with Crippen LogP contribution < -0.4 is 11.1 Å².